The predicted octanol–water partition coefficient (Wildman–Crippen LogP) is 3.35. The van der Waals surface area contributed by atoms with Crippen LogP contribution in [0.15, 0.2) is 24.3 Å². The van der Waals surface area contributed by atoms with E-state index in [0.29, 0.717) is 35.4 Å². The summed E-state index contributed by atoms with van der Waals surface area (Å²) in [6, 6.07) is 7.21. The van der Waals surface area contributed by atoms with Crippen molar-refractivity contribution in [2.24, 2.45) is 5.92 Å². The standard InChI is InChI=1S/C22H28N4O3/c1-15-9-12-25(13-10-15)22(28)19-18-8-3-4-11-26(18)20(24-19)21(27)23-16-6-5-7-17(14-16)29-2/h5-7,14-15H,3-4,8-13H2,1-2H3,(H,23,27). The molecule has 0 bridgehead atoms. The Morgan fingerprint density at radius 1 is 1.17 bits per heavy atom. The molecule has 0 radical (unpaired) electrons. The van der Waals surface area contributed by atoms with Crippen LogP contribution in [0.4, 0.5) is 5.69 Å². The quantitative estimate of drug-likeness (QED) is 0.860. The van der Waals surface area contributed by atoms with Crippen LogP contribution in [-0.4, -0.2) is 46.5 Å². The van der Waals surface area contributed by atoms with E-state index in [2.05, 4.69) is 17.2 Å². The number of nitrogens with zero attached hydrogens (tertiary/aromatic N) is 3. The predicted molar refractivity (Wildman–Crippen MR) is 110 cm³/mol. The summed E-state index contributed by atoms with van der Waals surface area (Å²) in [6.45, 7) is 4.46. The zero-order valence-electron chi connectivity index (χ0n) is 17.1. The molecule has 4 rings (SSSR count). The number of amides is 2. The highest BCUT2D eigenvalue weighted by Gasteiger charge is 2.31. The number of hydrogen-bond donors (Lipinski definition) is 1. The zero-order valence-corrected chi connectivity index (χ0v) is 17.1. The number of likely N-dealkylation sites (tertiary alicyclic amines) is 1. The van der Waals surface area contributed by atoms with Gasteiger partial charge in [-0.3, -0.25) is 9.59 Å². The van der Waals surface area contributed by atoms with Gasteiger partial charge in [0, 0.05) is 31.4 Å². The van der Waals surface area contributed by atoms with E-state index in [-0.39, 0.29) is 11.8 Å². The Morgan fingerprint density at radius 3 is 2.72 bits per heavy atom. The number of nitrogens with one attached hydrogen (secondary N) is 1. The van der Waals surface area contributed by atoms with Crippen LogP contribution in [0.3, 0.4) is 0 Å². The maximum atomic E-state index is 13.2. The van der Waals surface area contributed by atoms with E-state index in [1.165, 1.54) is 0 Å². The van der Waals surface area contributed by atoms with Gasteiger partial charge in [-0.15, -0.1) is 0 Å². The van der Waals surface area contributed by atoms with Crippen LogP contribution < -0.4 is 10.1 Å². The average molecular weight is 396 g/mol. The molecule has 7 nitrogen and oxygen atoms in total. The molecule has 2 aliphatic heterocycles. The lowest BCUT2D eigenvalue weighted by atomic mass is 9.98. The Bertz CT molecular complexity index is 913. The summed E-state index contributed by atoms with van der Waals surface area (Å²) in [5, 5.41) is 2.89. The third kappa shape index (κ3) is 3.99. The van der Waals surface area contributed by atoms with Crippen molar-refractivity contribution in [1.82, 2.24) is 14.5 Å². The van der Waals surface area contributed by atoms with Gasteiger partial charge in [-0.25, -0.2) is 4.98 Å². The van der Waals surface area contributed by atoms with E-state index in [4.69, 9.17) is 4.74 Å². The molecule has 2 amide bonds. The third-order valence-electron chi connectivity index (χ3n) is 5.92. The summed E-state index contributed by atoms with van der Waals surface area (Å²) >= 11 is 0. The first-order valence-corrected chi connectivity index (χ1v) is 10.4. The summed E-state index contributed by atoms with van der Waals surface area (Å²) in [7, 11) is 1.59. The lowest BCUT2D eigenvalue weighted by Gasteiger charge is -2.30. The van der Waals surface area contributed by atoms with E-state index < -0.39 is 0 Å². The first-order chi connectivity index (χ1) is 14.1. The number of aromatic nitrogens is 2. The number of methoxy groups -OCH3 is 1. The zero-order chi connectivity index (χ0) is 20.4. The molecule has 154 valence electrons. The number of ether oxygens (including phenoxy) is 1. The fraction of sp³-hybridized carbons (Fsp3) is 0.500. The second-order valence-corrected chi connectivity index (χ2v) is 8.00. The Morgan fingerprint density at radius 2 is 1.97 bits per heavy atom. The Hall–Kier alpha value is -2.83. The minimum absolute atomic E-state index is 0.0389. The topological polar surface area (TPSA) is 76.5 Å². The highest BCUT2D eigenvalue weighted by atomic mass is 16.5. The van der Waals surface area contributed by atoms with Gasteiger partial charge in [-0.05, 0) is 50.2 Å². The molecule has 1 aromatic carbocycles. The molecule has 0 unspecified atom stereocenters. The molecule has 1 fully saturated rings. The van der Waals surface area contributed by atoms with E-state index in [1.54, 1.807) is 19.2 Å². The number of hydrogen-bond acceptors (Lipinski definition) is 4. The molecule has 1 N–H and O–H groups in total. The second-order valence-electron chi connectivity index (χ2n) is 8.00. The van der Waals surface area contributed by atoms with Crippen LogP contribution in [-0.2, 0) is 13.0 Å². The number of carbonyl (C=O) groups excluding carboxylic acids is 2. The van der Waals surface area contributed by atoms with Gasteiger partial charge in [-0.2, -0.15) is 0 Å². The van der Waals surface area contributed by atoms with Gasteiger partial charge in [0.05, 0.1) is 12.8 Å². The van der Waals surface area contributed by atoms with Crippen molar-refractivity contribution in [3.63, 3.8) is 0 Å². The number of rotatable bonds is 4. The number of fused-ring (bicyclic) bond motifs is 1. The van der Waals surface area contributed by atoms with Crippen molar-refractivity contribution in [2.45, 2.75) is 45.6 Å². The largest absolute Gasteiger partial charge is 0.497 e. The highest BCUT2D eigenvalue weighted by Crippen LogP contribution is 2.25. The number of piperidine rings is 1. The lowest BCUT2D eigenvalue weighted by Crippen LogP contribution is -2.38. The van der Waals surface area contributed by atoms with Crippen LogP contribution in [0.25, 0.3) is 0 Å². The van der Waals surface area contributed by atoms with Crippen LogP contribution in [0.2, 0.25) is 0 Å². The van der Waals surface area contributed by atoms with Crippen molar-refractivity contribution in [1.29, 1.82) is 0 Å². The van der Waals surface area contributed by atoms with Crippen molar-refractivity contribution in [3.8, 4) is 5.75 Å². The average Bonchev–Trinajstić information content (AvgIpc) is 3.14. The van der Waals surface area contributed by atoms with E-state index in [9.17, 15) is 9.59 Å². The van der Waals surface area contributed by atoms with Crippen molar-refractivity contribution in [3.05, 3.63) is 41.5 Å². The first kappa shape index (κ1) is 19.5. The third-order valence-corrected chi connectivity index (χ3v) is 5.92. The molecule has 7 heteroatoms. The molecule has 2 aliphatic rings. The normalized spacial score (nSPS) is 17.0. The van der Waals surface area contributed by atoms with Gasteiger partial charge in [0.1, 0.15) is 11.4 Å². The minimum Gasteiger partial charge on any atom is -0.497 e. The summed E-state index contributed by atoms with van der Waals surface area (Å²) < 4.78 is 7.15. The molecule has 1 saturated heterocycles. The van der Waals surface area contributed by atoms with E-state index in [0.717, 1.165) is 50.9 Å². The van der Waals surface area contributed by atoms with Crippen LogP contribution in [0, 0.1) is 5.92 Å². The molecular weight excluding hydrogens is 368 g/mol. The maximum absolute atomic E-state index is 13.2. The van der Waals surface area contributed by atoms with Crippen molar-refractivity contribution < 1.29 is 14.3 Å². The minimum atomic E-state index is -0.298. The smallest absolute Gasteiger partial charge is 0.291 e. The van der Waals surface area contributed by atoms with Gasteiger partial charge in [-0.1, -0.05) is 13.0 Å². The monoisotopic (exact) mass is 396 g/mol. The van der Waals surface area contributed by atoms with Crippen LogP contribution in [0.1, 0.15) is 59.4 Å². The maximum Gasteiger partial charge on any atom is 0.291 e. The molecule has 2 aromatic rings. The Labute approximate surface area is 171 Å². The second kappa shape index (κ2) is 8.27. The highest BCUT2D eigenvalue weighted by molar-refractivity contribution is 6.03. The van der Waals surface area contributed by atoms with E-state index >= 15 is 0 Å². The van der Waals surface area contributed by atoms with Gasteiger partial charge in [0.2, 0.25) is 0 Å². The molecule has 0 saturated carbocycles. The van der Waals surface area contributed by atoms with Crippen LogP contribution >= 0.6 is 0 Å². The van der Waals surface area contributed by atoms with E-state index in [1.807, 2.05) is 21.6 Å². The molecule has 0 aliphatic carbocycles. The first-order valence-electron chi connectivity index (χ1n) is 10.4. The fourth-order valence-corrected chi connectivity index (χ4v) is 4.14. The molecule has 0 atom stereocenters. The number of benzene rings is 1. The van der Waals surface area contributed by atoms with Gasteiger partial charge in [0.25, 0.3) is 11.8 Å². The summed E-state index contributed by atoms with van der Waals surface area (Å²) in [5.74, 6) is 1.30. The Kier molecular flexibility index (Phi) is 5.56. The van der Waals surface area contributed by atoms with Crippen molar-refractivity contribution in [2.75, 3.05) is 25.5 Å². The molecule has 1 aromatic heterocycles. The molecule has 0 spiro atoms. The fourth-order valence-electron chi connectivity index (χ4n) is 4.14. The van der Waals surface area contributed by atoms with Crippen LogP contribution in [0.5, 0.6) is 5.75 Å². The molecule has 3 heterocycles. The van der Waals surface area contributed by atoms with Gasteiger partial charge < -0.3 is 19.5 Å². The Balaban J connectivity index is 1.60. The number of carbonyl (C=O) groups is 2. The summed E-state index contributed by atoms with van der Waals surface area (Å²) in [5.41, 5.74) is 1.99. The lowest BCUT2D eigenvalue weighted by molar-refractivity contribution is 0.0690. The summed E-state index contributed by atoms with van der Waals surface area (Å²) in [6.07, 6.45) is 4.82. The van der Waals surface area contributed by atoms with Gasteiger partial charge >= 0.3 is 0 Å². The van der Waals surface area contributed by atoms with Gasteiger partial charge in [0.15, 0.2) is 5.82 Å². The number of anilines is 1. The summed E-state index contributed by atoms with van der Waals surface area (Å²) in [4.78, 5) is 32.6. The van der Waals surface area contributed by atoms with Crippen molar-refractivity contribution >= 4 is 17.5 Å². The molecule has 29 heavy (non-hydrogen) atoms. The number of imidazole rings is 1. The molecular formula is C22H28N4O3. The SMILES string of the molecule is COc1cccc(NC(=O)c2nc(C(=O)N3CCC(C)CC3)c3n2CCCC3)c1.